The van der Waals surface area contributed by atoms with Crippen molar-refractivity contribution < 1.29 is 18.3 Å². The molecule has 4 heteroatoms. The van der Waals surface area contributed by atoms with Crippen LogP contribution in [0.2, 0.25) is 0 Å². The molecule has 1 N–H and O–H groups in total. The number of benzene rings is 1. The van der Waals surface area contributed by atoms with E-state index in [9.17, 15) is 18.3 Å². The van der Waals surface area contributed by atoms with Crippen molar-refractivity contribution in [3.05, 3.63) is 35.9 Å². The van der Waals surface area contributed by atoms with Crippen LogP contribution in [0.5, 0.6) is 0 Å². The molecule has 0 aliphatic heterocycles. The van der Waals surface area contributed by atoms with Gasteiger partial charge in [-0.25, -0.2) is 0 Å². The fraction of sp³-hybridized carbons (Fsp3) is 0.700. The van der Waals surface area contributed by atoms with Crippen LogP contribution in [0.4, 0.5) is 13.2 Å². The second-order valence-corrected chi connectivity index (χ2v) is 6.87. The van der Waals surface area contributed by atoms with Gasteiger partial charge in [-0.1, -0.05) is 82.2 Å². The van der Waals surface area contributed by atoms with Crippen LogP contribution in [0.3, 0.4) is 0 Å². The summed E-state index contributed by atoms with van der Waals surface area (Å²) in [6.45, 7) is 2.16. The Morgan fingerprint density at radius 1 is 0.833 bits per heavy atom. The molecule has 0 spiro atoms. The molecule has 0 aromatic heterocycles. The molecule has 0 aliphatic carbocycles. The molecular formula is C20H31F3O. The van der Waals surface area contributed by atoms with E-state index in [1.807, 2.05) is 30.3 Å². The number of hydrogen-bond acceptors (Lipinski definition) is 1. The van der Waals surface area contributed by atoms with Crippen molar-refractivity contribution in [2.45, 2.75) is 89.3 Å². The third-order valence-electron chi connectivity index (χ3n) is 4.50. The van der Waals surface area contributed by atoms with Gasteiger partial charge in [0.2, 0.25) is 0 Å². The van der Waals surface area contributed by atoms with Crippen molar-refractivity contribution in [3.63, 3.8) is 0 Å². The molecule has 0 aliphatic rings. The fourth-order valence-corrected chi connectivity index (χ4v) is 3.11. The third-order valence-corrected chi connectivity index (χ3v) is 4.50. The van der Waals surface area contributed by atoms with E-state index < -0.39 is 18.2 Å². The summed E-state index contributed by atoms with van der Waals surface area (Å²) in [5.74, 6) is 0. The van der Waals surface area contributed by atoms with E-state index in [0.29, 0.717) is 12.8 Å². The average Bonchev–Trinajstić information content (AvgIpc) is 2.52. The topological polar surface area (TPSA) is 20.2 Å². The van der Waals surface area contributed by atoms with Gasteiger partial charge in [-0.05, 0) is 24.8 Å². The average molecular weight is 344 g/mol. The summed E-state index contributed by atoms with van der Waals surface area (Å²) in [5, 5.41) is 10.5. The number of aryl methyl sites for hydroxylation is 1. The van der Waals surface area contributed by atoms with Crippen LogP contribution in [0.25, 0.3) is 0 Å². The summed E-state index contributed by atoms with van der Waals surface area (Å²) >= 11 is 0. The minimum Gasteiger partial charge on any atom is -0.390 e. The molecule has 1 atom stereocenters. The molecule has 1 nitrogen and oxygen atoms in total. The van der Waals surface area contributed by atoms with Gasteiger partial charge in [-0.15, -0.1) is 0 Å². The second kappa shape index (κ2) is 10.8. The summed E-state index contributed by atoms with van der Waals surface area (Å²) in [6, 6.07) is 9.40. The number of unbranched alkanes of at least 4 members (excludes halogenated alkanes) is 6. The molecule has 0 amide bonds. The fourth-order valence-electron chi connectivity index (χ4n) is 3.11. The Morgan fingerprint density at radius 3 is 2.00 bits per heavy atom. The van der Waals surface area contributed by atoms with E-state index in [2.05, 4.69) is 6.92 Å². The molecule has 0 saturated carbocycles. The Labute approximate surface area is 144 Å². The zero-order chi connectivity index (χ0) is 17.9. The zero-order valence-corrected chi connectivity index (χ0v) is 14.7. The van der Waals surface area contributed by atoms with Gasteiger partial charge in [0, 0.05) is 0 Å². The Balaban J connectivity index is 2.43. The highest BCUT2D eigenvalue weighted by Crippen LogP contribution is 2.34. The van der Waals surface area contributed by atoms with Crippen LogP contribution < -0.4 is 0 Å². The first-order chi connectivity index (χ1) is 11.3. The monoisotopic (exact) mass is 344 g/mol. The Bertz CT molecular complexity index is 430. The van der Waals surface area contributed by atoms with Crippen LogP contribution in [0.1, 0.15) is 76.7 Å². The number of rotatable bonds is 12. The number of hydrogen-bond donors (Lipinski definition) is 1. The molecule has 1 unspecified atom stereocenters. The van der Waals surface area contributed by atoms with Gasteiger partial charge in [0.15, 0.2) is 0 Å². The Kier molecular flexibility index (Phi) is 9.42. The van der Waals surface area contributed by atoms with E-state index in [0.717, 1.165) is 24.8 Å². The minimum absolute atomic E-state index is 0.159. The summed E-state index contributed by atoms with van der Waals surface area (Å²) < 4.78 is 38.5. The number of alkyl halides is 3. The molecule has 1 aromatic carbocycles. The van der Waals surface area contributed by atoms with Gasteiger partial charge in [0.05, 0.1) is 12.0 Å². The first-order valence-electron chi connectivity index (χ1n) is 9.18. The van der Waals surface area contributed by atoms with Crippen molar-refractivity contribution in [2.24, 2.45) is 0 Å². The summed E-state index contributed by atoms with van der Waals surface area (Å²) in [6.07, 6.45) is 2.76. The van der Waals surface area contributed by atoms with Crippen LogP contribution in [-0.2, 0) is 6.42 Å². The van der Waals surface area contributed by atoms with E-state index in [1.54, 1.807) is 0 Å². The summed E-state index contributed by atoms with van der Waals surface area (Å²) in [7, 11) is 0. The van der Waals surface area contributed by atoms with Gasteiger partial charge in [-0.3, -0.25) is 0 Å². The zero-order valence-electron chi connectivity index (χ0n) is 14.7. The number of aliphatic hydroxyl groups is 1. The van der Waals surface area contributed by atoms with Crippen molar-refractivity contribution in [2.75, 3.05) is 0 Å². The lowest BCUT2D eigenvalue weighted by Crippen LogP contribution is -2.35. The van der Waals surface area contributed by atoms with Crippen molar-refractivity contribution in [1.29, 1.82) is 0 Å². The molecule has 24 heavy (non-hydrogen) atoms. The Morgan fingerprint density at radius 2 is 1.42 bits per heavy atom. The lowest BCUT2D eigenvalue weighted by molar-refractivity contribution is -0.179. The molecule has 0 heterocycles. The van der Waals surface area contributed by atoms with Gasteiger partial charge in [0.1, 0.15) is 0 Å². The van der Waals surface area contributed by atoms with E-state index in [4.69, 9.17) is 0 Å². The SMILES string of the molecule is CCCCCCCCCC(O)(CCc1ccccc1)CC(F)(F)F. The first-order valence-corrected chi connectivity index (χ1v) is 9.18. The van der Waals surface area contributed by atoms with Crippen molar-refractivity contribution in [1.82, 2.24) is 0 Å². The maximum Gasteiger partial charge on any atom is 0.391 e. The summed E-state index contributed by atoms with van der Waals surface area (Å²) in [4.78, 5) is 0. The summed E-state index contributed by atoms with van der Waals surface area (Å²) in [5.41, 5.74) is -0.671. The van der Waals surface area contributed by atoms with Crippen LogP contribution in [0, 0.1) is 0 Å². The van der Waals surface area contributed by atoms with Crippen LogP contribution >= 0.6 is 0 Å². The quantitative estimate of drug-likeness (QED) is 0.432. The highest BCUT2D eigenvalue weighted by atomic mass is 19.4. The molecular weight excluding hydrogens is 313 g/mol. The molecule has 1 rings (SSSR count). The largest absolute Gasteiger partial charge is 0.391 e. The van der Waals surface area contributed by atoms with Crippen molar-refractivity contribution >= 4 is 0 Å². The van der Waals surface area contributed by atoms with E-state index in [-0.39, 0.29) is 12.8 Å². The maximum atomic E-state index is 12.8. The smallest absolute Gasteiger partial charge is 0.390 e. The third kappa shape index (κ3) is 9.96. The van der Waals surface area contributed by atoms with Gasteiger partial charge < -0.3 is 5.11 Å². The highest BCUT2D eigenvalue weighted by molar-refractivity contribution is 5.15. The van der Waals surface area contributed by atoms with Crippen molar-refractivity contribution in [3.8, 4) is 0 Å². The van der Waals surface area contributed by atoms with Crippen LogP contribution in [0.15, 0.2) is 30.3 Å². The second-order valence-electron chi connectivity index (χ2n) is 6.87. The molecule has 0 bridgehead atoms. The Hall–Kier alpha value is -1.03. The van der Waals surface area contributed by atoms with Gasteiger partial charge >= 0.3 is 6.18 Å². The first kappa shape index (κ1) is 21.0. The molecule has 138 valence electrons. The minimum atomic E-state index is -4.33. The molecule has 0 radical (unpaired) electrons. The van der Waals surface area contributed by atoms with Crippen LogP contribution in [-0.4, -0.2) is 16.9 Å². The lowest BCUT2D eigenvalue weighted by Gasteiger charge is -2.29. The lowest BCUT2D eigenvalue weighted by atomic mass is 9.86. The standard InChI is InChI=1S/C20H31F3O/c1-2-3-4-5-6-7-11-15-19(24,17-20(21,22)23)16-14-18-12-9-8-10-13-18/h8-10,12-13,24H,2-7,11,14-17H2,1H3. The predicted octanol–water partition coefficient (Wildman–Crippen LogP) is 6.44. The molecule has 0 fully saturated rings. The molecule has 0 saturated heterocycles. The predicted molar refractivity (Wildman–Crippen MR) is 93.0 cm³/mol. The number of halogens is 3. The molecule has 1 aromatic rings. The van der Waals surface area contributed by atoms with E-state index >= 15 is 0 Å². The highest BCUT2D eigenvalue weighted by Gasteiger charge is 2.40. The maximum absolute atomic E-state index is 12.8. The van der Waals surface area contributed by atoms with Gasteiger partial charge in [0.25, 0.3) is 0 Å². The van der Waals surface area contributed by atoms with E-state index in [1.165, 1.54) is 19.3 Å². The van der Waals surface area contributed by atoms with Gasteiger partial charge in [-0.2, -0.15) is 13.2 Å². The normalized spacial score (nSPS) is 14.5.